The van der Waals surface area contributed by atoms with Crippen molar-refractivity contribution < 1.29 is 9.53 Å². The Labute approximate surface area is 64.6 Å². The summed E-state index contributed by atoms with van der Waals surface area (Å²) < 4.78 is 4.86. The van der Waals surface area contributed by atoms with E-state index in [1.807, 2.05) is 0 Å². The second kappa shape index (κ2) is 3.18. The minimum atomic E-state index is -0.412. The molecule has 0 fully saturated rings. The number of aromatic amines is 1. The highest BCUT2D eigenvalue weighted by atomic mass is 16.5. The molecule has 1 rings (SSSR count). The lowest BCUT2D eigenvalue weighted by atomic mass is 10.5. The molecule has 4 nitrogen and oxygen atoms in total. The van der Waals surface area contributed by atoms with E-state index in [-0.39, 0.29) is 11.9 Å². The average Bonchev–Trinajstić information content (AvgIpc) is 2.35. The van der Waals surface area contributed by atoms with E-state index in [0.29, 0.717) is 0 Å². The molecule has 0 aliphatic rings. The van der Waals surface area contributed by atoms with E-state index in [1.165, 1.54) is 6.20 Å². The van der Waals surface area contributed by atoms with Crippen LogP contribution in [-0.4, -0.2) is 22.0 Å². The van der Waals surface area contributed by atoms with Gasteiger partial charge in [0.05, 0.1) is 6.10 Å². The van der Waals surface area contributed by atoms with Crippen molar-refractivity contribution in [2.75, 3.05) is 0 Å². The van der Waals surface area contributed by atoms with Gasteiger partial charge in [-0.3, -0.25) is 0 Å². The number of carbonyl (C=O) groups is 1. The van der Waals surface area contributed by atoms with Crippen LogP contribution >= 0.6 is 0 Å². The highest BCUT2D eigenvalue weighted by Crippen LogP contribution is 1.96. The molecule has 0 aliphatic carbocycles. The van der Waals surface area contributed by atoms with Crippen LogP contribution in [0.15, 0.2) is 12.4 Å². The summed E-state index contributed by atoms with van der Waals surface area (Å²) in [6, 6.07) is 0. The molecule has 0 saturated heterocycles. The van der Waals surface area contributed by atoms with Gasteiger partial charge in [0.15, 0.2) is 0 Å². The highest BCUT2D eigenvalue weighted by Gasteiger charge is 2.09. The van der Waals surface area contributed by atoms with Crippen LogP contribution in [0.2, 0.25) is 0 Å². The monoisotopic (exact) mass is 154 g/mol. The fourth-order valence-corrected chi connectivity index (χ4v) is 0.647. The highest BCUT2D eigenvalue weighted by molar-refractivity contribution is 5.85. The minimum absolute atomic E-state index is 0.104. The predicted octanol–water partition coefficient (Wildman–Crippen LogP) is 0.975. The molecule has 11 heavy (non-hydrogen) atoms. The van der Waals surface area contributed by atoms with Crippen LogP contribution in [0.25, 0.3) is 0 Å². The van der Waals surface area contributed by atoms with Gasteiger partial charge in [-0.15, -0.1) is 0 Å². The topological polar surface area (TPSA) is 55.0 Å². The normalized spacial score (nSPS) is 10.1. The molecule has 0 unspecified atom stereocenters. The quantitative estimate of drug-likeness (QED) is 0.646. The first-order chi connectivity index (χ1) is 5.20. The van der Waals surface area contributed by atoms with Crippen LogP contribution in [0.5, 0.6) is 0 Å². The number of nitrogens with zero attached hydrogens (tertiary/aromatic N) is 1. The van der Waals surface area contributed by atoms with Gasteiger partial charge < -0.3 is 9.72 Å². The molecule has 0 aromatic carbocycles. The lowest BCUT2D eigenvalue weighted by Gasteiger charge is -2.04. The average molecular weight is 154 g/mol. The lowest BCUT2D eigenvalue weighted by molar-refractivity contribution is 0.0364. The molecule has 0 spiro atoms. The number of nitrogens with one attached hydrogen (secondary N) is 1. The van der Waals surface area contributed by atoms with Gasteiger partial charge in [-0.1, -0.05) is 0 Å². The van der Waals surface area contributed by atoms with Crippen molar-refractivity contribution in [2.45, 2.75) is 20.0 Å². The Morgan fingerprint density at radius 3 is 2.91 bits per heavy atom. The van der Waals surface area contributed by atoms with Gasteiger partial charge in [-0.25, -0.2) is 9.78 Å². The van der Waals surface area contributed by atoms with E-state index >= 15 is 0 Å². The minimum Gasteiger partial charge on any atom is -0.457 e. The Bertz CT molecular complexity index is 229. The van der Waals surface area contributed by atoms with Crippen molar-refractivity contribution in [3.05, 3.63) is 18.2 Å². The van der Waals surface area contributed by atoms with E-state index in [0.717, 1.165) is 0 Å². The molecule has 1 N–H and O–H groups in total. The number of imidazole rings is 1. The number of carbonyl (C=O) groups excluding carboxylic acids is 1. The molecule has 0 saturated carbocycles. The number of aromatic nitrogens is 2. The van der Waals surface area contributed by atoms with Crippen molar-refractivity contribution in [1.29, 1.82) is 0 Å². The Morgan fingerprint density at radius 1 is 1.73 bits per heavy atom. The number of hydrogen-bond acceptors (Lipinski definition) is 3. The molecule has 0 aliphatic heterocycles. The Morgan fingerprint density at radius 2 is 2.45 bits per heavy atom. The van der Waals surface area contributed by atoms with Gasteiger partial charge >= 0.3 is 5.97 Å². The van der Waals surface area contributed by atoms with Gasteiger partial charge in [0.25, 0.3) is 0 Å². The third-order valence-corrected chi connectivity index (χ3v) is 1.03. The molecular weight excluding hydrogens is 144 g/mol. The van der Waals surface area contributed by atoms with Gasteiger partial charge in [0, 0.05) is 12.4 Å². The van der Waals surface area contributed by atoms with Crippen molar-refractivity contribution in [2.24, 2.45) is 0 Å². The zero-order valence-electron chi connectivity index (χ0n) is 6.50. The third kappa shape index (κ3) is 2.07. The summed E-state index contributed by atoms with van der Waals surface area (Å²) in [6.07, 6.45) is 2.99. The van der Waals surface area contributed by atoms with Crippen LogP contribution in [0, 0.1) is 0 Å². The molecule has 0 radical (unpaired) electrons. The summed E-state index contributed by atoms with van der Waals surface area (Å²) in [5.74, 6) is -0.163. The van der Waals surface area contributed by atoms with E-state index in [4.69, 9.17) is 4.74 Å². The maximum Gasteiger partial charge on any atom is 0.374 e. The second-order valence-corrected chi connectivity index (χ2v) is 2.39. The molecule has 1 aromatic rings. The fraction of sp³-hybridized carbons (Fsp3) is 0.429. The first kappa shape index (κ1) is 7.78. The van der Waals surface area contributed by atoms with E-state index in [2.05, 4.69) is 9.97 Å². The fourth-order valence-electron chi connectivity index (χ4n) is 0.647. The molecular formula is C7H10N2O2. The Balaban J connectivity index is 2.57. The Kier molecular flexibility index (Phi) is 2.25. The SMILES string of the molecule is CC(C)OC(=O)c1ncc[nH]1. The first-order valence-corrected chi connectivity index (χ1v) is 3.40. The number of esters is 1. The van der Waals surface area contributed by atoms with Gasteiger partial charge in [0.2, 0.25) is 5.82 Å². The van der Waals surface area contributed by atoms with Crippen molar-refractivity contribution in [3.63, 3.8) is 0 Å². The van der Waals surface area contributed by atoms with Gasteiger partial charge in [0.1, 0.15) is 0 Å². The van der Waals surface area contributed by atoms with Crippen LogP contribution < -0.4 is 0 Å². The molecule has 4 heteroatoms. The summed E-state index contributed by atoms with van der Waals surface area (Å²) in [6.45, 7) is 3.58. The molecule has 0 atom stereocenters. The van der Waals surface area contributed by atoms with Gasteiger partial charge in [-0.05, 0) is 13.8 Å². The summed E-state index contributed by atoms with van der Waals surface area (Å²) in [5, 5.41) is 0. The van der Waals surface area contributed by atoms with Crippen LogP contribution in [0.1, 0.15) is 24.5 Å². The van der Waals surface area contributed by atoms with Crippen LogP contribution in [0.4, 0.5) is 0 Å². The smallest absolute Gasteiger partial charge is 0.374 e. The van der Waals surface area contributed by atoms with Crippen molar-refractivity contribution in [3.8, 4) is 0 Å². The number of rotatable bonds is 2. The summed E-state index contributed by atoms with van der Waals surface area (Å²) in [4.78, 5) is 17.4. The predicted molar refractivity (Wildman–Crippen MR) is 39.1 cm³/mol. The molecule has 1 heterocycles. The maximum atomic E-state index is 11.0. The van der Waals surface area contributed by atoms with Crippen molar-refractivity contribution >= 4 is 5.97 Å². The number of ether oxygens (including phenoxy) is 1. The lowest BCUT2D eigenvalue weighted by Crippen LogP contribution is -2.12. The van der Waals surface area contributed by atoms with Crippen LogP contribution in [0.3, 0.4) is 0 Å². The number of hydrogen-bond donors (Lipinski definition) is 1. The van der Waals surface area contributed by atoms with E-state index in [9.17, 15) is 4.79 Å². The summed E-state index contributed by atoms with van der Waals surface area (Å²) in [5.41, 5.74) is 0. The molecule has 60 valence electrons. The third-order valence-electron chi connectivity index (χ3n) is 1.03. The first-order valence-electron chi connectivity index (χ1n) is 3.40. The zero-order chi connectivity index (χ0) is 8.27. The largest absolute Gasteiger partial charge is 0.457 e. The van der Waals surface area contributed by atoms with E-state index in [1.54, 1.807) is 20.0 Å². The Hall–Kier alpha value is -1.32. The molecule has 1 aromatic heterocycles. The van der Waals surface area contributed by atoms with Gasteiger partial charge in [-0.2, -0.15) is 0 Å². The van der Waals surface area contributed by atoms with Crippen molar-refractivity contribution in [1.82, 2.24) is 9.97 Å². The van der Waals surface area contributed by atoms with Crippen LogP contribution in [-0.2, 0) is 4.74 Å². The second-order valence-electron chi connectivity index (χ2n) is 2.39. The van der Waals surface area contributed by atoms with E-state index < -0.39 is 5.97 Å². The molecule has 0 bridgehead atoms. The molecule has 0 amide bonds. The summed E-state index contributed by atoms with van der Waals surface area (Å²) >= 11 is 0. The number of H-pyrrole nitrogens is 1. The zero-order valence-corrected chi connectivity index (χ0v) is 6.50. The standard InChI is InChI=1S/C7H10N2O2/c1-5(2)11-7(10)6-8-3-4-9-6/h3-5H,1-2H3,(H,8,9). The maximum absolute atomic E-state index is 11.0. The summed E-state index contributed by atoms with van der Waals surface area (Å²) in [7, 11) is 0.